The van der Waals surface area contributed by atoms with Crippen molar-refractivity contribution in [2.45, 2.75) is 38.3 Å². The second-order valence-electron chi connectivity index (χ2n) is 6.06. The van der Waals surface area contributed by atoms with Crippen molar-refractivity contribution in [3.8, 4) is 0 Å². The number of amides is 2. The van der Waals surface area contributed by atoms with Gasteiger partial charge in [0.25, 0.3) is 0 Å². The number of rotatable bonds is 5. The summed E-state index contributed by atoms with van der Waals surface area (Å²) in [6.45, 7) is 2.43. The zero-order chi connectivity index (χ0) is 17.7. The molecule has 1 aliphatic rings. The van der Waals surface area contributed by atoms with Crippen LogP contribution in [0.1, 0.15) is 37.8 Å². The van der Waals surface area contributed by atoms with E-state index in [0.717, 1.165) is 25.0 Å². The van der Waals surface area contributed by atoms with E-state index >= 15 is 0 Å². The van der Waals surface area contributed by atoms with E-state index in [1.807, 2.05) is 7.05 Å². The number of carbonyl (C=O) groups excluding carboxylic acids is 2. The van der Waals surface area contributed by atoms with Gasteiger partial charge in [-0.05, 0) is 32.0 Å². The molecule has 132 valence electrons. The normalized spacial score (nSPS) is 19.0. The molecule has 2 amide bonds. The monoisotopic (exact) mass is 339 g/mol. The van der Waals surface area contributed by atoms with Crippen LogP contribution in [0, 0.1) is 11.6 Å². The standard InChI is InChI=1S/C17H23F2N3O2/c1-11(23)21-15(17-13(18)6-3-7-14(17)19)9-16(24)22-8-4-5-12(10-22)20-2/h3,6-7,12,15,20H,4-5,8-10H2,1-2H3,(H,21,23). The number of carbonyl (C=O) groups is 2. The van der Waals surface area contributed by atoms with Crippen molar-refractivity contribution in [1.29, 1.82) is 0 Å². The Kier molecular flexibility index (Phi) is 6.25. The third-order valence-electron chi connectivity index (χ3n) is 4.29. The van der Waals surface area contributed by atoms with Crippen molar-refractivity contribution in [2.75, 3.05) is 20.1 Å². The Hall–Kier alpha value is -2.02. The van der Waals surface area contributed by atoms with E-state index in [-0.39, 0.29) is 23.9 Å². The van der Waals surface area contributed by atoms with Crippen LogP contribution in [0.3, 0.4) is 0 Å². The topological polar surface area (TPSA) is 61.4 Å². The fourth-order valence-electron chi connectivity index (χ4n) is 3.06. The van der Waals surface area contributed by atoms with E-state index in [4.69, 9.17) is 0 Å². The molecule has 0 aromatic heterocycles. The predicted octanol–water partition coefficient (Wildman–Crippen LogP) is 1.74. The van der Waals surface area contributed by atoms with Gasteiger partial charge in [-0.15, -0.1) is 0 Å². The summed E-state index contributed by atoms with van der Waals surface area (Å²) in [6.07, 6.45) is 1.68. The minimum absolute atomic E-state index is 0.173. The van der Waals surface area contributed by atoms with E-state index in [2.05, 4.69) is 10.6 Å². The van der Waals surface area contributed by atoms with Gasteiger partial charge in [0.1, 0.15) is 11.6 Å². The van der Waals surface area contributed by atoms with E-state index < -0.39 is 23.6 Å². The van der Waals surface area contributed by atoms with Crippen LogP contribution in [0.4, 0.5) is 8.78 Å². The van der Waals surface area contributed by atoms with Crippen molar-refractivity contribution in [2.24, 2.45) is 0 Å². The van der Waals surface area contributed by atoms with Crippen molar-refractivity contribution in [3.63, 3.8) is 0 Å². The smallest absolute Gasteiger partial charge is 0.225 e. The molecule has 0 spiro atoms. The van der Waals surface area contributed by atoms with Gasteiger partial charge in [0, 0.05) is 31.6 Å². The summed E-state index contributed by atoms with van der Waals surface area (Å²) in [4.78, 5) is 25.6. The summed E-state index contributed by atoms with van der Waals surface area (Å²) in [6, 6.07) is 2.69. The Bertz CT molecular complexity index is 589. The Labute approximate surface area is 140 Å². The maximum absolute atomic E-state index is 14.0. The molecule has 1 aliphatic heterocycles. The molecule has 5 nitrogen and oxygen atoms in total. The lowest BCUT2D eigenvalue weighted by Crippen LogP contribution is -2.47. The molecule has 2 rings (SSSR count). The molecule has 7 heteroatoms. The minimum Gasteiger partial charge on any atom is -0.349 e. The molecule has 1 heterocycles. The van der Waals surface area contributed by atoms with Crippen molar-refractivity contribution in [1.82, 2.24) is 15.5 Å². The van der Waals surface area contributed by atoms with Crippen LogP contribution in [0.5, 0.6) is 0 Å². The zero-order valence-electron chi connectivity index (χ0n) is 13.9. The molecular formula is C17H23F2N3O2. The maximum Gasteiger partial charge on any atom is 0.225 e. The quantitative estimate of drug-likeness (QED) is 0.859. The molecule has 0 aliphatic carbocycles. The van der Waals surface area contributed by atoms with E-state index in [0.29, 0.717) is 13.1 Å². The number of nitrogens with one attached hydrogen (secondary N) is 2. The molecule has 2 unspecified atom stereocenters. The van der Waals surface area contributed by atoms with Crippen LogP contribution in [0.25, 0.3) is 0 Å². The van der Waals surface area contributed by atoms with Gasteiger partial charge < -0.3 is 15.5 Å². The summed E-state index contributed by atoms with van der Waals surface area (Å²) < 4.78 is 28.1. The second-order valence-corrected chi connectivity index (χ2v) is 6.06. The largest absolute Gasteiger partial charge is 0.349 e. The van der Waals surface area contributed by atoms with Gasteiger partial charge in [-0.2, -0.15) is 0 Å². The number of hydrogen-bond donors (Lipinski definition) is 2. The molecule has 0 bridgehead atoms. The lowest BCUT2D eigenvalue weighted by atomic mass is 10.00. The van der Waals surface area contributed by atoms with Crippen LogP contribution in [-0.4, -0.2) is 42.9 Å². The van der Waals surface area contributed by atoms with E-state index in [1.165, 1.54) is 13.0 Å². The van der Waals surface area contributed by atoms with Gasteiger partial charge in [-0.3, -0.25) is 9.59 Å². The van der Waals surface area contributed by atoms with Crippen LogP contribution < -0.4 is 10.6 Å². The van der Waals surface area contributed by atoms with Crippen LogP contribution in [0.15, 0.2) is 18.2 Å². The molecule has 0 radical (unpaired) electrons. The zero-order valence-corrected chi connectivity index (χ0v) is 13.9. The highest BCUT2D eigenvalue weighted by Crippen LogP contribution is 2.25. The number of nitrogens with zero attached hydrogens (tertiary/aromatic N) is 1. The third-order valence-corrected chi connectivity index (χ3v) is 4.29. The molecule has 1 fully saturated rings. The lowest BCUT2D eigenvalue weighted by molar-refractivity contribution is -0.133. The van der Waals surface area contributed by atoms with Gasteiger partial charge in [-0.1, -0.05) is 6.07 Å². The summed E-state index contributed by atoms with van der Waals surface area (Å²) in [5, 5.41) is 5.63. The van der Waals surface area contributed by atoms with Crippen LogP contribution >= 0.6 is 0 Å². The molecule has 1 saturated heterocycles. The highest BCUT2D eigenvalue weighted by molar-refractivity contribution is 5.79. The molecule has 24 heavy (non-hydrogen) atoms. The molecule has 2 atom stereocenters. The number of likely N-dealkylation sites (tertiary alicyclic amines) is 1. The Balaban J connectivity index is 2.17. The van der Waals surface area contributed by atoms with Crippen molar-refractivity contribution < 1.29 is 18.4 Å². The molecule has 1 aromatic rings. The third kappa shape index (κ3) is 4.50. The van der Waals surface area contributed by atoms with Gasteiger partial charge in [0.2, 0.25) is 11.8 Å². The number of benzene rings is 1. The molecular weight excluding hydrogens is 316 g/mol. The fourth-order valence-corrected chi connectivity index (χ4v) is 3.06. The minimum atomic E-state index is -1.02. The van der Waals surface area contributed by atoms with E-state index in [9.17, 15) is 18.4 Å². The Morgan fingerprint density at radius 1 is 1.33 bits per heavy atom. The summed E-state index contributed by atoms with van der Waals surface area (Å²) in [5.41, 5.74) is -0.275. The number of hydrogen-bond acceptors (Lipinski definition) is 3. The lowest BCUT2D eigenvalue weighted by Gasteiger charge is -2.33. The second kappa shape index (κ2) is 8.19. The van der Waals surface area contributed by atoms with Crippen molar-refractivity contribution in [3.05, 3.63) is 35.4 Å². The average Bonchev–Trinajstić information content (AvgIpc) is 2.54. The first kappa shape index (κ1) is 18.3. The average molecular weight is 339 g/mol. The Morgan fingerprint density at radius 3 is 2.58 bits per heavy atom. The van der Waals surface area contributed by atoms with Gasteiger partial charge in [0.05, 0.1) is 12.5 Å². The fraction of sp³-hybridized carbons (Fsp3) is 0.529. The first-order valence-corrected chi connectivity index (χ1v) is 8.08. The summed E-state index contributed by atoms with van der Waals surface area (Å²) >= 11 is 0. The van der Waals surface area contributed by atoms with Gasteiger partial charge in [0.15, 0.2) is 0 Å². The van der Waals surface area contributed by atoms with Crippen molar-refractivity contribution >= 4 is 11.8 Å². The first-order chi connectivity index (χ1) is 11.4. The van der Waals surface area contributed by atoms with Crippen LogP contribution in [0.2, 0.25) is 0 Å². The molecule has 0 saturated carbocycles. The van der Waals surface area contributed by atoms with Crippen LogP contribution in [-0.2, 0) is 9.59 Å². The van der Waals surface area contributed by atoms with Gasteiger partial charge in [-0.25, -0.2) is 8.78 Å². The highest BCUT2D eigenvalue weighted by atomic mass is 19.1. The number of likely N-dealkylation sites (N-methyl/N-ethyl adjacent to an activating group) is 1. The number of halogens is 2. The van der Waals surface area contributed by atoms with E-state index in [1.54, 1.807) is 4.90 Å². The maximum atomic E-state index is 14.0. The predicted molar refractivity (Wildman–Crippen MR) is 86.2 cm³/mol. The number of piperidine rings is 1. The summed E-state index contributed by atoms with van der Waals surface area (Å²) in [7, 11) is 1.84. The molecule has 2 N–H and O–H groups in total. The summed E-state index contributed by atoms with van der Waals surface area (Å²) in [5.74, 6) is -2.21. The highest BCUT2D eigenvalue weighted by Gasteiger charge is 2.28. The first-order valence-electron chi connectivity index (χ1n) is 8.08. The SMILES string of the molecule is CNC1CCCN(C(=O)CC(NC(C)=O)c2c(F)cccc2F)C1. The van der Waals surface area contributed by atoms with Gasteiger partial charge >= 0.3 is 0 Å². The molecule has 1 aromatic carbocycles. The Morgan fingerprint density at radius 2 is 2.00 bits per heavy atom.